The molecule has 2 N–H and O–H groups in total. The second-order valence-electron chi connectivity index (χ2n) is 5.63. The van der Waals surface area contributed by atoms with Gasteiger partial charge in [0.25, 0.3) is 0 Å². The molecule has 0 saturated heterocycles. The van der Waals surface area contributed by atoms with Crippen LogP contribution in [0.2, 0.25) is 0 Å². The van der Waals surface area contributed by atoms with E-state index in [0.717, 1.165) is 35.0 Å². The first-order chi connectivity index (χ1) is 10.3. The van der Waals surface area contributed by atoms with E-state index in [1.54, 1.807) is 0 Å². The van der Waals surface area contributed by atoms with Gasteiger partial charge in [0.05, 0.1) is 11.2 Å². The highest BCUT2D eigenvalue weighted by Crippen LogP contribution is 2.32. The van der Waals surface area contributed by atoms with Crippen molar-refractivity contribution in [3.63, 3.8) is 0 Å². The molecule has 0 radical (unpaired) electrons. The van der Waals surface area contributed by atoms with Gasteiger partial charge in [-0.05, 0) is 53.9 Å². The van der Waals surface area contributed by atoms with E-state index in [2.05, 4.69) is 36.9 Å². The van der Waals surface area contributed by atoms with Crippen LogP contribution in [-0.2, 0) is 0 Å². The predicted octanol–water partition coefficient (Wildman–Crippen LogP) is 3.49. The molecule has 0 amide bonds. The number of halogens is 1. The molecule has 0 atom stereocenters. The quantitative estimate of drug-likeness (QED) is 0.898. The van der Waals surface area contributed by atoms with Gasteiger partial charge in [0.15, 0.2) is 0 Å². The summed E-state index contributed by atoms with van der Waals surface area (Å²) in [5.74, 6) is 0. The number of hydrogen-bond donors (Lipinski definition) is 1. The Morgan fingerprint density at radius 2 is 2.10 bits per heavy atom. The summed E-state index contributed by atoms with van der Waals surface area (Å²) in [5, 5.41) is 0. The lowest BCUT2D eigenvalue weighted by atomic mass is 10.1. The molecular formula is C16H21BrN4. The molecule has 1 aliphatic rings. The average molecular weight is 349 g/mol. The molecule has 1 aliphatic carbocycles. The molecular weight excluding hydrogens is 328 g/mol. The van der Waals surface area contributed by atoms with Gasteiger partial charge in [-0.15, -0.1) is 0 Å². The van der Waals surface area contributed by atoms with Crippen LogP contribution in [-0.4, -0.2) is 29.1 Å². The van der Waals surface area contributed by atoms with E-state index < -0.39 is 0 Å². The van der Waals surface area contributed by atoms with E-state index in [9.17, 15) is 0 Å². The van der Waals surface area contributed by atoms with Gasteiger partial charge in [0, 0.05) is 29.5 Å². The minimum absolute atomic E-state index is 0.618. The Kier molecular flexibility index (Phi) is 4.70. The van der Waals surface area contributed by atoms with Crippen LogP contribution >= 0.6 is 15.9 Å². The Balaban J connectivity index is 2.01. The lowest BCUT2D eigenvalue weighted by Crippen LogP contribution is -2.35. The van der Waals surface area contributed by atoms with E-state index in [0.29, 0.717) is 6.04 Å². The topological polar surface area (TPSA) is 55.0 Å². The van der Waals surface area contributed by atoms with E-state index in [1.807, 2.05) is 18.5 Å². The van der Waals surface area contributed by atoms with Crippen molar-refractivity contribution in [3.05, 3.63) is 29.0 Å². The molecule has 5 heteroatoms. The van der Waals surface area contributed by atoms with Gasteiger partial charge in [-0.1, -0.05) is 12.8 Å². The fourth-order valence-electron chi connectivity index (χ4n) is 3.20. The first-order valence-corrected chi connectivity index (χ1v) is 8.46. The Hall–Kier alpha value is -1.20. The standard InChI is InChI=1S/C16H21BrN4/c17-12-10-14-16(20-11-12)15(6-8-19-14)21(9-3-7-18)13-4-1-2-5-13/h6,8,10-11,13H,1-5,7,9,18H2. The third kappa shape index (κ3) is 3.19. The van der Waals surface area contributed by atoms with Crippen molar-refractivity contribution in [3.8, 4) is 0 Å². The summed E-state index contributed by atoms with van der Waals surface area (Å²) < 4.78 is 0.967. The first-order valence-electron chi connectivity index (χ1n) is 7.66. The molecule has 0 spiro atoms. The van der Waals surface area contributed by atoms with Gasteiger partial charge in [0.2, 0.25) is 0 Å². The second kappa shape index (κ2) is 6.71. The van der Waals surface area contributed by atoms with Crippen molar-refractivity contribution >= 4 is 32.7 Å². The highest BCUT2D eigenvalue weighted by Gasteiger charge is 2.24. The average Bonchev–Trinajstić information content (AvgIpc) is 3.01. The zero-order valence-electron chi connectivity index (χ0n) is 12.1. The van der Waals surface area contributed by atoms with Gasteiger partial charge in [-0.2, -0.15) is 0 Å². The molecule has 2 aromatic heterocycles. The number of nitrogens with zero attached hydrogens (tertiary/aromatic N) is 3. The number of pyridine rings is 2. The normalized spacial score (nSPS) is 15.7. The maximum absolute atomic E-state index is 5.73. The maximum Gasteiger partial charge on any atom is 0.112 e. The van der Waals surface area contributed by atoms with Crippen LogP contribution < -0.4 is 10.6 Å². The van der Waals surface area contributed by atoms with Crippen LogP contribution in [0.4, 0.5) is 5.69 Å². The molecule has 0 unspecified atom stereocenters. The Morgan fingerprint density at radius 3 is 2.86 bits per heavy atom. The van der Waals surface area contributed by atoms with Crippen LogP contribution in [0.3, 0.4) is 0 Å². The van der Waals surface area contributed by atoms with Crippen molar-refractivity contribution < 1.29 is 0 Å². The number of rotatable bonds is 5. The molecule has 2 heterocycles. The highest BCUT2D eigenvalue weighted by atomic mass is 79.9. The zero-order valence-corrected chi connectivity index (χ0v) is 13.7. The molecule has 112 valence electrons. The van der Waals surface area contributed by atoms with Crippen molar-refractivity contribution in [2.45, 2.75) is 38.1 Å². The van der Waals surface area contributed by atoms with Gasteiger partial charge in [0.1, 0.15) is 5.52 Å². The lowest BCUT2D eigenvalue weighted by Gasteiger charge is -2.31. The van der Waals surface area contributed by atoms with E-state index in [4.69, 9.17) is 5.73 Å². The molecule has 0 aromatic carbocycles. The molecule has 1 fully saturated rings. The van der Waals surface area contributed by atoms with Crippen LogP contribution in [0.25, 0.3) is 11.0 Å². The van der Waals surface area contributed by atoms with Crippen LogP contribution in [0, 0.1) is 0 Å². The maximum atomic E-state index is 5.73. The summed E-state index contributed by atoms with van der Waals surface area (Å²) in [4.78, 5) is 11.6. The summed E-state index contributed by atoms with van der Waals surface area (Å²) in [5.41, 5.74) is 8.86. The molecule has 1 saturated carbocycles. The first kappa shape index (κ1) is 14.7. The summed E-state index contributed by atoms with van der Waals surface area (Å²) in [7, 11) is 0. The van der Waals surface area contributed by atoms with Crippen LogP contribution in [0.1, 0.15) is 32.1 Å². The van der Waals surface area contributed by atoms with Crippen molar-refractivity contribution in [2.75, 3.05) is 18.0 Å². The minimum Gasteiger partial charge on any atom is -0.367 e. The van der Waals surface area contributed by atoms with Crippen molar-refractivity contribution in [1.29, 1.82) is 0 Å². The molecule has 0 bridgehead atoms. The number of fused-ring (bicyclic) bond motifs is 1. The monoisotopic (exact) mass is 348 g/mol. The Morgan fingerprint density at radius 1 is 1.29 bits per heavy atom. The number of hydrogen-bond acceptors (Lipinski definition) is 4. The third-order valence-electron chi connectivity index (χ3n) is 4.20. The Labute approximate surface area is 133 Å². The van der Waals surface area contributed by atoms with E-state index >= 15 is 0 Å². The number of aromatic nitrogens is 2. The number of anilines is 1. The van der Waals surface area contributed by atoms with Gasteiger partial charge in [-0.25, -0.2) is 0 Å². The zero-order chi connectivity index (χ0) is 14.7. The third-order valence-corrected chi connectivity index (χ3v) is 4.63. The highest BCUT2D eigenvalue weighted by molar-refractivity contribution is 9.10. The minimum atomic E-state index is 0.618. The van der Waals surface area contributed by atoms with Crippen LogP contribution in [0.5, 0.6) is 0 Å². The Bertz CT molecular complexity index is 610. The van der Waals surface area contributed by atoms with Crippen molar-refractivity contribution in [1.82, 2.24) is 9.97 Å². The molecule has 4 nitrogen and oxygen atoms in total. The fraction of sp³-hybridized carbons (Fsp3) is 0.500. The predicted molar refractivity (Wildman–Crippen MR) is 90.5 cm³/mol. The largest absolute Gasteiger partial charge is 0.367 e. The summed E-state index contributed by atoms with van der Waals surface area (Å²) in [6.07, 6.45) is 9.93. The SMILES string of the molecule is NCCCN(c1ccnc2cc(Br)cnc12)C1CCCC1. The lowest BCUT2D eigenvalue weighted by molar-refractivity contribution is 0.594. The van der Waals surface area contributed by atoms with Crippen LogP contribution in [0.15, 0.2) is 29.0 Å². The molecule has 21 heavy (non-hydrogen) atoms. The van der Waals surface area contributed by atoms with Gasteiger partial charge in [-0.3, -0.25) is 9.97 Å². The molecule has 0 aliphatic heterocycles. The summed E-state index contributed by atoms with van der Waals surface area (Å²) >= 11 is 3.47. The van der Waals surface area contributed by atoms with Crippen molar-refractivity contribution in [2.24, 2.45) is 5.73 Å². The van der Waals surface area contributed by atoms with Gasteiger partial charge < -0.3 is 10.6 Å². The summed E-state index contributed by atoms with van der Waals surface area (Å²) in [6, 6.07) is 4.74. The molecule has 3 rings (SSSR count). The number of nitrogens with two attached hydrogens (primary N) is 1. The molecule has 2 aromatic rings. The smallest absolute Gasteiger partial charge is 0.112 e. The van der Waals surface area contributed by atoms with Gasteiger partial charge >= 0.3 is 0 Å². The second-order valence-corrected chi connectivity index (χ2v) is 6.54. The summed E-state index contributed by atoms with van der Waals surface area (Å²) in [6.45, 7) is 1.73. The van der Waals surface area contributed by atoms with E-state index in [-0.39, 0.29) is 0 Å². The van der Waals surface area contributed by atoms with E-state index in [1.165, 1.54) is 31.4 Å². The fourth-order valence-corrected chi connectivity index (χ4v) is 3.52.